The topological polar surface area (TPSA) is 82.3 Å². The van der Waals surface area contributed by atoms with E-state index in [1.54, 1.807) is 32.0 Å². The van der Waals surface area contributed by atoms with Crippen LogP contribution in [0, 0.1) is 24.0 Å². The van der Waals surface area contributed by atoms with E-state index in [-0.39, 0.29) is 5.69 Å². The van der Waals surface area contributed by atoms with E-state index in [1.165, 1.54) is 12.3 Å². The van der Waals surface area contributed by atoms with Crippen LogP contribution in [0.5, 0.6) is 11.6 Å². The maximum atomic E-state index is 10.9. The molecule has 6 heteroatoms. The summed E-state index contributed by atoms with van der Waals surface area (Å²) in [6.45, 7) is 3.37. The molecule has 1 aromatic carbocycles. The third-order valence-corrected chi connectivity index (χ3v) is 2.85. The van der Waals surface area contributed by atoms with Crippen molar-refractivity contribution < 1.29 is 14.5 Å². The number of aryl methyl sites for hydroxylation is 1. The molecule has 0 radical (unpaired) electrons. The first-order chi connectivity index (χ1) is 9.52. The van der Waals surface area contributed by atoms with E-state index < -0.39 is 4.92 Å². The second-order valence-corrected chi connectivity index (χ2v) is 4.27. The number of hydrogen-bond donors (Lipinski definition) is 0. The van der Waals surface area contributed by atoms with Gasteiger partial charge in [0.25, 0.3) is 5.69 Å². The molecule has 0 amide bonds. The zero-order chi connectivity index (χ0) is 14.7. The van der Waals surface area contributed by atoms with Crippen LogP contribution in [0.15, 0.2) is 30.5 Å². The lowest BCUT2D eigenvalue weighted by Gasteiger charge is -2.10. The molecule has 0 atom stereocenters. The molecule has 0 fully saturated rings. The van der Waals surface area contributed by atoms with Gasteiger partial charge < -0.3 is 4.74 Å². The second kappa shape index (κ2) is 5.48. The minimum absolute atomic E-state index is 0.00957. The minimum Gasteiger partial charge on any atom is -0.438 e. The molecular formula is C14H12N2O4. The molecule has 0 aliphatic carbocycles. The number of rotatable bonds is 4. The van der Waals surface area contributed by atoms with Crippen LogP contribution in [0.3, 0.4) is 0 Å². The van der Waals surface area contributed by atoms with Gasteiger partial charge in [0.1, 0.15) is 5.75 Å². The Hall–Kier alpha value is -2.76. The Morgan fingerprint density at radius 1 is 1.35 bits per heavy atom. The van der Waals surface area contributed by atoms with Gasteiger partial charge in [-0.3, -0.25) is 14.9 Å². The number of carbonyl (C=O) groups excluding carboxylic acids is 1. The number of aromatic nitrogens is 1. The van der Waals surface area contributed by atoms with Crippen LogP contribution in [0.2, 0.25) is 0 Å². The van der Waals surface area contributed by atoms with Crippen LogP contribution in [-0.4, -0.2) is 16.2 Å². The van der Waals surface area contributed by atoms with Gasteiger partial charge in [-0.2, -0.15) is 0 Å². The Balaban J connectivity index is 2.38. The van der Waals surface area contributed by atoms with E-state index in [0.717, 1.165) is 0 Å². The first kappa shape index (κ1) is 13.7. The average Bonchev–Trinajstić information content (AvgIpc) is 2.42. The van der Waals surface area contributed by atoms with E-state index in [1.807, 2.05) is 0 Å². The number of pyridine rings is 1. The van der Waals surface area contributed by atoms with E-state index >= 15 is 0 Å². The summed E-state index contributed by atoms with van der Waals surface area (Å²) < 4.78 is 5.60. The molecule has 0 N–H and O–H groups in total. The summed E-state index contributed by atoms with van der Waals surface area (Å²) in [6.07, 6.45) is 2.09. The fourth-order valence-electron chi connectivity index (χ4n) is 1.77. The lowest BCUT2D eigenvalue weighted by atomic mass is 10.2. The van der Waals surface area contributed by atoms with Crippen molar-refractivity contribution in [2.24, 2.45) is 0 Å². The highest BCUT2D eigenvalue weighted by atomic mass is 16.6. The number of benzene rings is 1. The Bertz CT molecular complexity index is 683. The lowest BCUT2D eigenvalue weighted by Crippen LogP contribution is -1.97. The van der Waals surface area contributed by atoms with Crippen LogP contribution in [0.1, 0.15) is 21.5 Å². The number of nitrogens with zero attached hydrogens (tertiary/aromatic N) is 2. The lowest BCUT2D eigenvalue weighted by molar-refractivity contribution is -0.385. The second-order valence-electron chi connectivity index (χ2n) is 4.27. The summed E-state index contributed by atoms with van der Waals surface area (Å²) in [5.41, 5.74) is 1.55. The van der Waals surface area contributed by atoms with Crippen molar-refractivity contribution in [2.75, 3.05) is 0 Å². The van der Waals surface area contributed by atoms with Crippen molar-refractivity contribution in [1.29, 1.82) is 0 Å². The molecule has 0 bridgehead atoms. The summed E-state index contributed by atoms with van der Waals surface area (Å²) in [7, 11) is 0. The molecule has 20 heavy (non-hydrogen) atoms. The number of aldehydes is 1. The predicted octanol–water partition coefficient (Wildman–Crippen LogP) is 3.21. The Labute approximate surface area is 115 Å². The number of carbonyl (C=O) groups is 1. The van der Waals surface area contributed by atoms with E-state index in [4.69, 9.17) is 4.74 Å². The highest BCUT2D eigenvalue weighted by molar-refractivity contribution is 5.74. The molecule has 1 aromatic heterocycles. The first-order valence-electron chi connectivity index (χ1n) is 5.86. The summed E-state index contributed by atoms with van der Waals surface area (Å²) in [4.78, 5) is 25.1. The van der Waals surface area contributed by atoms with Gasteiger partial charge in [-0.25, -0.2) is 4.98 Å². The van der Waals surface area contributed by atoms with Crippen LogP contribution in [-0.2, 0) is 0 Å². The number of ether oxygens (including phenoxy) is 1. The third-order valence-electron chi connectivity index (χ3n) is 2.85. The Morgan fingerprint density at radius 2 is 2.10 bits per heavy atom. The van der Waals surface area contributed by atoms with Gasteiger partial charge in [-0.05, 0) is 26.0 Å². The highest BCUT2D eigenvalue weighted by Gasteiger charge is 2.15. The molecule has 0 aliphatic heterocycles. The average molecular weight is 272 g/mol. The molecule has 0 aliphatic rings. The molecular weight excluding hydrogens is 260 g/mol. The highest BCUT2D eigenvalue weighted by Crippen LogP contribution is 2.31. The van der Waals surface area contributed by atoms with Crippen molar-refractivity contribution in [2.45, 2.75) is 13.8 Å². The van der Waals surface area contributed by atoms with Crippen LogP contribution in [0.25, 0.3) is 0 Å². The SMILES string of the molecule is Cc1cc(C=O)cnc1Oc1cccc([N+](=O)[O-])c1C. The summed E-state index contributed by atoms with van der Waals surface area (Å²) in [5.74, 6) is 0.688. The van der Waals surface area contributed by atoms with Crippen molar-refractivity contribution in [3.8, 4) is 11.6 Å². The fourth-order valence-corrected chi connectivity index (χ4v) is 1.77. The molecule has 102 valence electrons. The molecule has 0 unspecified atom stereocenters. The van der Waals surface area contributed by atoms with Gasteiger partial charge in [0.15, 0.2) is 6.29 Å². The molecule has 6 nitrogen and oxygen atoms in total. The van der Waals surface area contributed by atoms with Crippen LogP contribution >= 0.6 is 0 Å². The largest absolute Gasteiger partial charge is 0.438 e. The zero-order valence-corrected chi connectivity index (χ0v) is 11.0. The smallest absolute Gasteiger partial charge is 0.276 e. The van der Waals surface area contributed by atoms with Gasteiger partial charge >= 0.3 is 0 Å². The molecule has 2 rings (SSSR count). The van der Waals surface area contributed by atoms with E-state index in [9.17, 15) is 14.9 Å². The first-order valence-corrected chi connectivity index (χ1v) is 5.86. The summed E-state index contributed by atoms with van der Waals surface area (Å²) in [5, 5.41) is 10.9. The van der Waals surface area contributed by atoms with Gasteiger partial charge in [0, 0.05) is 23.4 Å². The summed E-state index contributed by atoms with van der Waals surface area (Å²) in [6, 6.07) is 6.24. The van der Waals surface area contributed by atoms with Crippen molar-refractivity contribution in [3.63, 3.8) is 0 Å². The Morgan fingerprint density at radius 3 is 2.70 bits per heavy atom. The molecule has 1 heterocycles. The van der Waals surface area contributed by atoms with Gasteiger partial charge in [-0.15, -0.1) is 0 Å². The van der Waals surface area contributed by atoms with Gasteiger partial charge in [0.2, 0.25) is 5.88 Å². The maximum Gasteiger partial charge on any atom is 0.276 e. The monoisotopic (exact) mass is 272 g/mol. The molecule has 2 aromatic rings. The van der Waals surface area contributed by atoms with Crippen molar-refractivity contribution in [3.05, 3.63) is 57.3 Å². The Kier molecular flexibility index (Phi) is 3.74. The quantitative estimate of drug-likeness (QED) is 0.485. The van der Waals surface area contributed by atoms with Gasteiger partial charge in [-0.1, -0.05) is 6.07 Å². The van der Waals surface area contributed by atoms with Crippen molar-refractivity contribution >= 4 is 12.0 Å². The third kappa shape index (κ3) is 2.64. The fraction of sp³-hybridized carbons (Fsp3) is 0.143. The molecule has 0 spiro atoms. The van der Waals surface area contributed by atoms with Gasteiger partial charge in [0.05, 0.1) is 10.5 Å². The number of nitro benzene ring substituents is 1. The van der Waals surface area contributed by atoms with E-state index in [0.29, 0.717) is 34.6 Å². The van der Waals surface area contributed by atoms with Crippen molar-refractivity contribution in [1.82, 2.24) is 4.98 Å². The summed E-state index contributed by atoms with van der Waals surface area (Å²) >= 11 is 0. The van der Waals surface area contributed by atoms with Crippen LogP contribution < -0.4 is 4.74 Å². The van der Waals surface area contributed by atoms with E-state index in [2.05, 4.69) is 4.98 Å². The predicted molar refractivity (Wildman–Crippen MR) is 72.3 cm³/mol. The molecule has 0 saturated heterocycles. The number of hydrogen-bond acceptors (Lipinski definition) is 5. The standard InChI is InChI=1S/C14H12N2O4/c1-9-6-11(8-17)7-15-14(9)20-13-5-3-4-12(10(13)2)16(18)19/h3-8H,1-2H3. The minimum atomic E-state index is -0.460. The van der Waals surface area contributed by atoms with Crippen LogP contribution in [0.4, 0.5) is 5.69 Å². The zero-order valence-electron chi connectivity index (χ0n) is 11.0. The molecule has 0 saturated carbocycles. The normalized spacial score (nSPS) is 10.1. The maximum absolute atomic E-state index is 10.9. The number of nitro groups is 1.